The minimum atomic E-state index is -1.00. The Kier molecular flexibility index (Phi) is 8.35. The summed E-state index contributed by atoms with van der Waals surface area (Å²) < 4.78 is 10.6. The van der Waals surface area contributed by atoms with Crippen molar-refractivity contribution in [3.05, 3.63) is 24.5 Å². The molecule has 1 rings (SSSR count). The van der Waals surface area contributed by atoms with E-state index in [9.17, 15) is 9.59 Å². The molecule has 1 unspecified atom stereocenters. The van der Waals surface area contributed by atoms with E-state index in [-0.39, 0.29) is 18.3 Å². The van der Waals surface area contributed by atoms with E-state index < -0.39 is 11.6 Å². The van der Waals surface area contributed by atoms with E-state index in [0.717, 1.165) is 12.8 Å². The molecule has 0 saturated carbocycles. The number of pyridine rings is 1. The molecule has 1 aromatic rings. The molecule has 24 heavy (non-hydrogen) atoms. The number of ketones is 1. The molecule has 0 bridgehead atoms. The van der Waals surface area contributed by atoms with E-state index in [1.165, 1.54) is 13.3 Å². The molecule has 1 amide bonds. The third kappa shape index (κ3) is 6.64. The number of hydrogen-bond donors (Lipinski definition) is 2. The van der Waals surface area contributed by atoms with E-state index in [2.05, 4.69) is 10.3 Å². The number of hydrogen-bond acceptors (Lipinski definition) is 6. The second-order valence-corrected chi connectivity index (χ2v) is 5.97. The molecule has 0 saturated heterocycles. The first-order chi connectivity index (χ1) is 11.4. The van der Waals surface area contributed by atoms with Crippen molar-refractivity contribution >= 4 is 11.7 Å². The summed E-state index contributed by atoms with van der Waals surface area (Å²) in [7, 11) is 1.45. The molecule has 7 nitrogen and oxygen atoms in total. The maximum atomic E-state index is 12.4. The molecule has 1 heterocycles. The highest BCUT2D eigenvalue weighted by molar-refractivity contribution is 5.92. The molecule has 1 aromatic heterocycles. The van der Waals surface area contributed by atoms with Gasteiger partial charge in [0.2, 0.25) is 0 Å². The summed E-state index contributed by atoms with van der Waals surface area (Å²) in [6, 6.07) is 2.81. The van der Waals surface area contributed by atoms with Crippen LogP contribution in [-0.4, -0.2) is 48.6 Å². The Morgan fingerprint density at radius 3 is 2.71 bits per heavy atom. The van der Waals surface area contributed by atoms with E-state index in [1.54, 1.807) is 32.2 Å². The average molecular weight is 337 g/mol. The summed E-state index contributed by atoms with van der Waals surface area (Å²) in [5.41, 5.74) is 4.49. The van der Waals surface area contributed by atoms with Gasteiger partial charge in [0.25, 0.3) is 5.91 Å². The highest BCUT2D eigenvalue weighted by atomic mass is 16.5. The second-order valence-electron chi connectivity index (χ2n) is 5.97. The third-order valence-electron chi connectivity index (χ3n) is 3.71. The zero-order valence-corrected chi connectivity index (χ0v) is 14.6. The van der Waals surface area contributed by atoms with Crippen molar-refractivity contribution < 1.29 is 19.1 Å². The number of amides is 1. The van der Waals surface area contributed by atoms with E-state index in [1.807, 2.05) is 0 Å². The van der Waals surface area contributed by atoms with E-state index >= 15 is 0 Å². The van der Waals surface area contributed by atoms with Gasteiger partial charge in [0.1, 0.15) is 18.0 Å². The molecule has 1 atom stereocenters. The van der Waals surface area contributed by atoms with E-state index in [4.69, 9.17) is 15.2 Å². The van der Waals surface area contributed by atoms with Gasteiger partial charge in [-0.3, -0.25) is 14.6 Å². The Bertz CT molecular complexity index is 520. The number of rotatable bonds is 11. The molecule has 0 aromatic carbocycles. The van der Waals surface area contributed by atoms with Crippen LogP contribution in [0.15, 0.2) is 24.5 Å². The lowest BCUT2D eigenvalue weighted by molar-refractivity contribution is -0.142. The maximum Gasteiger partial charge on any atom is 0.252 e. The van der Waals surface area contributed by atoms with Gasteiger partial charge in [-0.25, -0.2) is 0 Å². The molecule has 0 radical (unpaired) electrons. The summed E-state index contributed by atoms with van der Waals surface area (Å²) >= 11 is 0. The van der Waals surface area contributed by atoms with Gasteiger partial charge in [-0.05, 0) is 51.8 Å². The molecule has 0 aliphatic heterocycles. The molecular weight excluding hydrogens is 310 g/mol. The number of aromatic nitrogens is 1. The minimum Gasteiger partial charge on any atom is -0.484 e. The number of unbranched alkanes of at least 4 members (excludes halogenated alkanes) is 1. The maximum absolute atomic E-state index is 12.4. The van der Waals surface area contributed by atoms with Crippen molar-refractivity contribution in [3.8, 4) is 5.75 Å². The van der Waals surface area contributed by atoms with Gasteiger partial charge >= 0.3 is 0 Å². The number of Topliss-reactive ketones (excluding diaryl/α,β-unsaturated/α-hetero) is 1. The fourth-order valence-corrected chi connectivity index (χ4v) is 1.92. The van der Waals surface area contributed by atoms with Crippen LogP contribution in [0.25, 0.3) is 0 Å². The lowest BCUT2D eigenvalue weighted by Crippen LogP contribution is -2.51. The topological polar surface area (TPSA) is 104 Å². The molecule has 3 N–H and O–H groups in total. The van der Waals surface area contributed by atoms with Gasteiger partial charge in [-0.1, -0.05) is 0 Å². The summed E-state index contributed by atoms with van der Waals surface area (Å²) in [6.45, 7) is 3.71. The number of carbonyl (C=O) groups excluding carboxylic acids is 2. The van der Waals surface area contributed by atoms with Crippen molar-refractivity contribution in [2.24, 2.45) is 5.73 Å². The van der Waals surface area contributed by atoms with Gasteiger partial charge in [0.05, 0.1) is 12.2 Å². The Morgan fingerprint density at radius 1 is 1.38 bits per heavy atom. The van der Waals surface area contributed by atoms with Gasteiger partial charge in [-0.15, -0.1) is 0 Å². The molecule has 134 valence electrons. The van der Waals surface area contributed by atoms with Crippen LogP contribution >= 0.6 is 0 Å². The second kappa shape index (κ2) is 10.00. The summed E-state index contributed by atoms with van der Waals surface area (Å²) in [5.74, 6) is -0.0243. The quantitative estimate of drug-likeness (QED) is 0.585. The molecule has 0 aliphatic rings. The Hall–Kier alpha value is -1.99. The van der Waals surface area contributed by atoms with Gasteiger partial charge in [-0.2, -0.15) is 0 Å². The molecule has 0 fully saturated rings. The first kappa shape index (κ1) is 20.1. The van der Waals surface area contributed by atoms with Gasteiger partial charge in [0.15, 0.2) is 5.78 Å². The van der Waals surface area contributed by atoms with Crippen molar-refractivity contribution in [1.82, 2.24) is 10.3 Å². The third-order valence-corrected chi connectivity index (χ3v) is 3.71. The lowest BCUT2D eigenvalue weighted by atomic mass is 10.0. The van der Waals surface area contributed by atoms with Crippen LogP contribution in [0.4, 0.5) is 0 Å². The van der Waals surface area contributed by atoms with Crippen LogP contribution in [0.3, 0.4) is 0 Å². The van der Waals surface area contributed by atoms with Crippen molar-refractivity contribution in [1.29, 1.82) is 0 Å². The fraction of sp³-hybridized carbons (Fsp3) is 0.588. The smallest absolute Gasteiger partial charge is 0.252 e. The molecule has 7 heteroatoms. The van der Waals surface area contributed by atoms with Crippen LogP contribution in [0.1, 0.15) is 33.1 Å². The van der Waals surface area contributed by atoms with Crippen LogP contribution in [0, 0.1) is 0 Å². The first-order valence-electron chi connectivity index (χ1n) is 8.02. The normalized spacial score (nSPS) is 12.5. The summed E-state index contributed by atoms with van der Waals surface area (Å²) in [4.78, 5) is 28.6. The zero-order chi connectivity index (χ0) is 18.0. The van der Waals surface area contributed by atoms with Crippen molar-refractivity contribution in [2.75, 3.05) is 20.3 Å². The Labute approximate surface area is 142 Å². The van der Waals surface area contributed by atoms with Crippen LogP contribution in [-0.2, 0) is 14.3 Å². The monoisotopic (exact) mass is 337 g/mol. The SMILES string of the molecule is COC(C)(C)C(=O)NC(CCCCN)C(=O)COc1cccnc1. The fourth-order valence-electron chi connectivity index (χ4n) is 1.92. The average Bonchev–Trinajstić information content (AvgIpc) is 2.59. The predicted molar refractivity (Wildman–Crippen MR) is 90.7 cm³/mol. The summed E-state index contributed by atoms with van der Waals surface area (Å²) in [6.07, 6.45) is 5.20. The standard InChI is InChI=1S/C17H27N3O4/c1-17(2,23-3)16(22)20-14(8-4-5-9-18)15(21)12-24-13-7-6-10-19-11-13/h6-7,10-11,14H,4-5,8-9,12,18H2,1-3H3,(H,20,22). The number of carbonyl (C=O) groups is 2. The lowest BCUT2D eigenvalue weighted by Gasteiger charge is -2.25. The first-order valence-corrected chi connectivity index (χ1v) is 8.02. The Morgan fingerprint density at radius 2 is 2.12 bits per heavy atom. The van der Waals surface area contributed by atoms with Crippen molar-refractivity contribution in [2.45, 2.75) is 44.8 Å². The molecule has 0 spiro atoms. The van der Waals surface area contributed by atoms with Gasteiger partial charge in [0, 0.05) is 13.3 Å². The van der Waals surface area contributed by atoms with Crippen molar-refractivity contribution in [3.63, 3.8) is 0 Å². The largest absolute Gasteiger partial charge is 0.484 e. The highest BCUT2D eigenvalue weighted by Gasteiger charge is 2.31. The van der Waals surface area contributed by atoms with E-state index in [0.29, 0.717) is 18.7 Å². The summed E-state index contributed by atoms with van der Waals surface area (Å²) in [5, 5.41) is 2.75. The van der Waals surface area contributed by atoms with Crippen LogP contribution in [0.2, 0.25) is 0 Å². The predicted octanol–water partition coefficient (Wildman–Crippen LogP) is 1.07. The Balaban J connectivity index is 2.65. The zero-order valence-electron chi connectivity index (χ0n) is 14.6. The van der Waals surface area contributed by atoms with Gasteiger partial charge < -0.3 is 20.5 Å². The number of nitrogens with two attached hydrogens (primary N) is 1. The highest BCUT2D eigenvalue weighted by Crippen LogP contribution is 2.11. The number of nitrogens with zero attached hydrogens (tertiary/aromatic N) is 1. The van der Waals surface area contributed by atoms with Crippen LogP contribution in [0.5, 0.6) is 5.75 Å². The molecule has 0 aliphatic carbocycles. The molecular formula is C17H27N3O4. The van der Waals surface area contributed by atoms with Crippen LogP contribution < -0.4 is 15.8 Å². The number of ether oxygens (including phenoxy) is 2. The minimum absolute atomic E-state index is 0.132. The number of nitrogens with one attached hydrogen (secondary N) is 1. The number of methoxy groups -OCH3 is 1.